The first-order valence-corrected chi connectivity index (χ1v) is 7.38. The van der Waals surface area contributed by atoms with Crippen molar-refractivity contribution < 1.29 is 8.42 Å². The zero-order valence-electron chi connectivity index (χ0n) is 9.72. The molecule has 0 heterocycles. The fraction of sp³-hybridized carbons (Fsp3) is 0.429. The van der Waals surface area contributed by atoms with E-state index in [9.17, 15) is 8.42 Å². The molecule has 0 amide bonds. The summed E-state index contributed by atoms with van der Waals surface area (Å²) in [7, 11) is -3.41. The first-order valence-electron chi connectivity index (χ1n) is 5.90. The Morgan fingerprint density at radius 2 is 1.65 bits per heavy atom. The molecule has 1 saturated carbocycles. The second-order valence-corrected chi connectivity index (χ2v) is 6.78. The lowest BCUT2D eigenvalue weighted by Gasteiger charge is -2.31. The van der Waals surface area contributed by atoms with Crippen molar-refractivity contribution in [2.45, 2.75) is 41.7 Å². The van der Waals surface area contributed by atoms with E-state index in [1.807, 2.05) is 6.07 Å². The molecule has 1 fully saturated rings. The van der Waals surface area contributed by atoms with Gasteiger partial charge in [-0.15, -0.1) is 6.42 Å². The van der Waals surface area contributed by atoms with Crippen LogP contribution in [0.15, 0.2) is 35.2 Å². The summed E-state index contributed by atoms with van der Waals surface area (Å²) in [5.41, 5.74) is 0. The molecule has 1 aromatic rings. The summed E-state index contributed by atoms with van der Waals surface area (Å²) in [6, 6.07) is 8.54. The fourth-order valence-electron chi connectivity index (χ4n) is 2.44. The van der Waals surface area contributed by atoms with Gasteiger partial charge >= 0.3 is 0 Å². The molecule has 0 saturated heterocycles. The minimum Gasteiger partial charge on any atom is -0.222 e. The Balaban J connectivity index is 2.48. The predicted octanol–water partition coefficient (Wildman–Crippen LogP) is 2.80. The Kier molecular flexibility index (Phi) is 3.26. The molecule has 2 nitrogen and oxygen atoms in total. The molecule has 3 heteroatoms. The highest BCUT2D eigenvalue weighted by atomic mass is 32.2. The minimum absolute atomic E-state index is 0.347. The second-order valence-electron chi connectivity index (χ2n) is 4.52. The summed E-state index contributed by atoms with van der Waals surface area (Å²) in [6.07, 6.45) is 9.58. The van der Waals surface area contributed by atoms with Crippen LogP contribution in [-0.4, -0.2) is 13.2 Å². The maximum atomic E-state index is 12.6. The average molecular weight is 248 g/mol. The fourth-order valence-corrected chi connectivity index (χ4v) is 4.39. The van der Waals surface area contributed by atoms with Gasteiger partial charge in [-0.1, -0.05) is 43.4 Å². The molecule has 0 aliphatic heterocycles. The van der Waals surface area contributed by atoms with E-state index < -0.39 is 14.6 Å². The third-order valence-electron chi connectivity index (χ3n) is 3.49. The summed E-state index contributed by atoms with van der Waals surface area (Å²) < 4.78 is 24.2. The molecule has 0 atom stereocenters. The number of hydrogen-bond acceptors (Lipinski definition) is 2. The van der Waals surface area contributed by atoms with Crippen LogP contribution in [0.4, 0.5) is 0 Å². The quantitative estimate of drug-likeness (QED) is 0.754. The van der Waals surface area contributed by atoms with Crippen LogP contribution in [-0.2, 0) is 9.84 Å². The molecule has 0 unspecified atom stereocenters. The third-order valence-corrected chi connectivity index (χ3v) is 5.94. The van der Waals surface area contributed by atoms with Crippen LogP contribution in [0.1, 0.15) is 32.1 Å². The molecule has 1 aromatic carbocycles. The maximum absolute atomic E-state index is 12.6. The van der Waals surface area contributed by atoms with Crippen molar-refractivity contribution in [3.8, 4) is 12.3 Å². The van der Waals surface area contributed by atoms with Crippen LogP contribution >= 0.6 is 0 Å². The average Bonchev–Trinajstić information content (AvgIpc) is 2.40. The zero-order valence-corrected chi connectivity index (χ0v) is 10.5. The summed E-state index contributed by atoms with van der Waals surface area (Å²) >= 11 is 0. The third kappa shape index (κ3) is 1.98. The van der Waals surface area contributed by atoms with Gasteiger partial charge in [-0.05, 0) is 25.0 Å². The number of terminal acetylenes is 1. The van der Waals surface area contributed by atoms with Crippen LogP contribution in [0, 0.1) is 12.3 Å². The van der Waals surface area contributed by atoms with Gasteiger partial charge in [0.25, 0.3) is 0 Å². The number of hydrogen-bond donors (Lipinski definition) is 0. The van der Waals surface area contributed by atoms with Crippen LogP contribution in [0.5, 0.6) is 0 Å². The molecule has 1 aliphatic rings. The highest BCUT2D eigenvalue weighted by Crippen LogP contribution is 2.38. The van der Waals surface area contributed by atoms with E-state index in [2.05, 4.69) is 5.92 Å². The monoisotopic (exact) mass is 248 g/mol. The van der Waals surface area contributed by atoms with E-state index in [-0.39, 0.29) is 0 Å². The standard InChI is InChI=1S/C14H16O2S/c1-2-14(11-7-4-8-12-14)17(15,16)13-9-5-3-6-10-13/h1,3,5-6,9-10H,4,7-8,11-12H2. The molecule has 1 aliphatic carbocycles. The lowest BCUT2D eigenvalue weighted by atomic mass is 9.89. The smallest absolute Gasteiger partial charge is 0.195 e. The molecule has 2 rings (SSSR count). The van der Waals surface area contributed by atoms with Gasteiger partial charge in [-0.25, -0.2) is 8.42 Å². The summed E-state index contributed by atoms with van der Waals surface area (Å²) in [6.45, 7) is 0. The van der Waals surface area contributed by atoms with Crippen molar-refractivity contribution in [2.24, 2.45) is 0 Å². The minimum atomic E-state index is -3.41. The first-order chi connectivity index (χ1) is 8.12. The Morgan fingerprint density at radius 3 is 2.18 bits per heavy atom. The van der Waals surface area contributed by atoms with Crippen molar-refractivity contribution in [2.75, 3.05) is 0 Å². The van der Waals surface area contributed by atoms with Gasteiger partial charge in [0.05, 0.1) is 4.90 Å². The zero-order chi connectivity index (χ0) is 12.4. The van der Waals surface area contributed by atoms with E-state index in [1.54, 1.807) is 24.3 Å². The van der Waals surface area contributed by atoms with Gasteiger partial charge in [0.15, 0.2) is 9.84 Å². The number of rotatable bonds is 2. The van der Waals surface area contributed by atoms with Crippen molar-refractivity contribution in [1.82, 2.24) is 0 Å². The van der Waals surface area contributed by atoms with Crippen LogP contribution < -0.4 is 0 Å². The van der Waals surface area contributed by atoms with Gasteiger partial charge in [0.1, 0.15) is 4.75 Å². The first kappa shape index (κ1) is 12.2. The van der Waals surface area contributed by atoms with E-state index in [1.165, 1.54) is 0 Å². The van der Waals surface area contributed by atoms with E-state index >= 15 is 0 Å². The summed E-state index contributed by atoms with van der Waals surface area (Å²) in [5.74, 6) is 2.57. The SMILES string of the molecule is C#CC1(S(=O)(=O)c2ccccc2)CCCCC1. The van der Waals surface area contributed by atoms with Gasteiger partial charge in [0, 0.05) is 0 Å². The maximum Gasteiger partial charge on any atom is 0.195 e. The topological polar surface area (TPSA) is 34.1 Å². The number of sulfone groups is 1. The van der Waals surface area contributed by atoms with Crippen molar-refractivity contribution in [3.05, 3.63) is 30.3 Å². The molecule has 0 N–H and O–H groups in total. The lowest BCUT2D eigenvalue weighted by Crippen LogP contribution is -2.39. The van der Waals surface area contributed by atoms with Crippen LogP contribution in [0.2, 0.25) is 0 Å². The summed E-state index contributed by atoms with van der Waals surface area (Å²) in [5, 5.41) is 0. The van der Waals surface area contributed by atoms with Crippen molar-refractivity contribution in [1.29, 1.82) is 0 Å². The highest BCUT2D eigenvalue weighted by Gasteiger charge is 2.43. The molecule has 0 aromatic heterocycles. The lowest BCUT2D eigenvalue weighted by molar-refractivity contribution is 0.433. The molecule has 17 heavy (non-hydrogen) atoms. The van der Waals surface area contributed by atoms with E-state index in [0.29, 0.717) is 17.7 Å². The Hall–Kier alpha value is -1.27. The molecule has 0 bridgehead atoms. The Bertz CT molecular complexity index is 517. The molecule has 90 valence electrons. The van der Waals surface area contributed by atoms with Crippen LogP contribution in [0.3, 0.4) is 0 Å². The van der Waals surface area contributed by atoms with Crippen LogP contribution in [0.25, 0.3) is 0 Å². The normalized spacial score (nSPS) is 19.5. The molecular weight excluding hydrogens is 232 g/mol. The largest absolute Gasteiger partial charge is 0.222 e. The molecule has 0 radical (unpaired) electrons. The highest BCUT2D eigenvalue weighted by molar-refractivity contribution is 7.93. The molecular formula is C14H16O2S. The van der Waals surface area contributed by atoms with E-state index in [0.717, 1.165) is 19.3 Å². The van der Waals surface area contributed by atoms with Crippen molar-refractivity contribution >= 4 is 9.84 Å². The van der Waals surface area contributed by atoms with E-state index in [4.69, 9.17) is 6.42 Å². The summed E-state index contributed by atoms with van der Waals surface area (Å²) in [4.78, 5) is 0.347. The second kappa shape index (κ2) is 4.54. The molecule has 0 spiro atoms. The van der Waals surface area contributed by atoms with Gasteiger partial charge < -0.3 is 0 Å². The Labute approximate surface area is 103 Å². The van der Waals surface area contributed by atoms with Gasteiger partial charge in [0.2, 0.25) is 0 Å². The van der Waals surface area contributed by atoms with Crippen molar-refractivity contribution in [3.63, 3.8) is 0 Å². The van der Waals surface area contributed by atoms with Gasteiger partial charge in [-0.3, -0.25) is 0 Å². The van der Waals surface area contributed by atoms with Gasteiger partial charge in [-0.2, -0.15) is 0 Å². The predicted molar refractivity (Wildman–Crippen MR) is 68.3 cm³/mol. The Morgan fingerprint density at radius 1 is 1.06 bits per heavy atom. The number of benzene rings is 1.